The van der Waals surface area contributed by atoms with E-state index in [-0.39, 0.29) is 17.4 Å². The second-order valence-electron chi connectivity index (χ2n) is 2.11. The van der Waals surface area contributed by atoms with Crippen LogP contribution in [0.4, 0.5) is 0 Å². The minimum absolute atomic E-state index is 0.268. The lowest BCUT2D eigenvalue weighted by atomic mass is 10.5. The minimum Gasteiger partial charge on any atom is -0.480 e. The van der Waals surface area contributed by atoms with Gasteiger partial charge in [-0.05, 0) is 6.26 Å². The molecule has 0 rings (SSSR count). The van der Waals surface area contributed by atoms with Gasteiger partial charge in [-0.2, -0.15) is 0 Å². The Morgan fingerprint density at radius 3 is 1.92 bits per heavy atom. The maximum atomic E-state index is 10.3. The molecule has 0 radical (unpaired) electrons. The number of nitrogens with zero attached hydrogens (tertiary/aromatic N) is 1. The van der Waals surface area contributed by atoms with Crippen LogP contribution in [0.3, 0.4) is 0 Å². The Morgan fingerprint density at radius 1 is 1.31 bits per heavy atom. The molecule has 0 aromatic carbocycles. The molecule has 0 aromatic heterocycles. The van der Waals surface area contributed by atoms with Crippen molar-refractivity contribution in [2.75, 3.05) is 19.3 Å². The number of hydrogen-bond acceptors (Lipinski definition) is 4. The molecule has 0 unspecified atom stereocenters. The lowest BCUT2D eigenvalue weighted by Crippen LogP contribution is -2.36. The second-order valence-corrected chi connectivity index (χ2v) is 3.55. The zero-order valence-corrected chi connectivity index (χ0v) is 8.52. The summed E-state index contributed by atoms with van der Waals surface area (Å²) in [6.45, 7) is -0.766. The van der Waals surface area contributed by atoms with Gasteiger partial charge in [-0.25, -0.2) is 0 Å². The van der Waals surface area contributed by atoms with Crippen molar-refractivity contribution in [3.63, 3.8) is 0 Å². The fraction of sp³-hybridized carbons (Fsp3) is 0.500. The van der Waals surface area contributed by atoms with E-state index < -0.39 is 11.9 Å². The van der Waals surface area contributed by atoms with Crippen molar-refractivity contribution in [3.8, 4) is 0 Å². The van der Waals surface area contributed by atoms with Crippen LogP contribution in [0.25, 0.3) is 0 Å². The molecule has 0 heterocycles. The first-order valence-electron chi connectivity index (χ1n) is 3.24. The van der Waals surface area contributed by atoms with E-state index >= 15 is 0 Å². The highest BCUT2D eigenvalue weighted by Crippen LogP contribution is 2.04. The maximum absolute atomic E-state index is 10.3. The number of carbonyl (C=O) groups is 2. The Kier molecular flexibility index (Phi) is 5.40. The van der Waals surface area contributed by atoms with Gasteiger partial charge in [0.15, 0.2) is 0 Å². The highest BCUT2D eigenvalue weighted by molar-refractivity contribution is 8.22. The third kappa shape index (κ3) is 5.42. The summed E-state index contributed by atoms with van der Waals surface area (Å²) in [5.74, 6) is -2.20. The third-order valence-corrected chi connectivity index (χ3v) is 2.45. The van der Waals surface area contributed by atoms with Crippen LogP contribution >= 0.6 is 24.0 Å². The Morgan fingerprint density at radius 2 is 1.69 bits per heavy atom. The summed E-state index contributed by atoms with van der Waals surface area (Å²) < 4.78 is 0.268. The smallest absolute Gasteiger partial charge is 0.323 e. The topological polar surface area (TPSA) is 77.8 Å². The van der Waals surface area contributed by atoms with Crippen LogP contribution in [0.1, 0.15) is 0 Å². The van der Waals surface area contributed by atoms with Gasteiger partial charge in [0, 0.05) is 0 Å². The third-order valence-electron chi connectivity index (χ3n) is 1.09. The van der Waals surface area contributed by atoms with E-state index in [1.807, 2.05) is 0 Å². The first kappa shape index (κ1) is 12.2. The summed E-state index contributed by atoms with van der Waals surface area (Å²) in [7, 11) is 0. The quantitative estimate of drug-likeness (QED) is 0.655. The van der Waals surface area contributed by atoms with E-state index in [0.29, 0.717) is 0 Å². The molecule has 0 aliphatic heterocycles. The van der Waals surface area contributed by atoms with Gasteiger partial charge in [0.2, 0.25) is 0 Å². The predicted molar refractivity (Wildman–Crippen MR) is 53.0 cm³/mol. The molecule has 0 amide bonds. The fourth-order valence-electron chi connectivity index (χ4n) is 0.641. The minimum atomic E-state index is -1.10. The van der Waals surface area contributed by atoms with E-state index in [0.717, 1.165) is 16.7 Å². The van der Waals surface area contributed by atoms with Crippen LogP contribution in [0.2, 0.25) is 0 Å². The average molecular weight is 223 g/mol. The lowest BCUT2D eigenvalue weighted by Gasteiger charge is -2.19. The maximum Gasteiger partial charge on any atom is 0.323 e. The molecule has 13 heavy (non-hydrogen) atoms. The normalized spacial score (nSPS) is 9.31. The zero-order valence-electron chi connectivity index (χ0n) is 6.89. The molecule has 0 fully saturated rings. The van der Waals surface area contributed by atoms with Crippen molar-refractivity contribution >= 4 is 40.2 Å². The van der Waals surface area contributed by atoms with Gasteiger partial charge in [0.05, 0.1) is 0 Å². The van der Waals surface area contributed by atoms with Gasteiger partial charge in [0.25, 0.3) is 0 Å². The Labute approximate surface area is 84.7 Å². The van der Waals surface area contributed by atoms with Crippen LogP contribution in [-0.2, 0) is 9.59 Å². The molecule has 0 aliphatic rings. The summed E-state index contributed by atoms with van der Waals surface area (Å²) >= 11 is 5.92. The average Bonchev–Trinajstić information content (AvgIpc) is 2.00. The molecule has 0 atom stereocenters. The van der Waals surface area contributed by atoms with Crippen molar-refractivity contribution in [2.45, 2.75) is 0 Å². The molecule has 7 heteroatoms. The van der Waals surface area contributed by atoms with Gasteiger partial charge < -0.3 is 15.1 Å². The molecule has 2 N–H and O–H groups in total. The van der Waals surface area contributed by atoms with Crippen molar-refractivity contribution < 1.29 is 19.8 Å². The highest BCUT2D eigenvalue weighted by atomic mass is 32.2. The van der Waals surface area contributed by atoms with Crippen LogP contribution in [-0.4, -0.2) is 50.7 Å². The number of hydrogen-bond donors (Lipinski definition) is 2. The second kappa shape index (κ2) is 5.76. The number of aliphatic carboxylic acids is 2. The molecule has 0 saturated carbocycles. The summed E-state index contributed by atoms with van der Waals surface area (Å²) in [6, 6.07) is 0. The SMILES string of the molecule is CSC(=S)N(CC(=O)O)CC(=O)O. The van der Waals surface area contributed by atoms with Gasteiger partial charge in [-0.15, -0.1) is 11.8 Å². The monoisotopic (exact) mass is 223 g/mol. The van der Waals surface area contributed by atoms with Crippen molar-refractivity contribution in [3.05, 3.63) is 0 Å². The lowest BCUT2D eigenvalue weighted by molar-refractivity contribution is -0.139. The molecule has 0 aliphatic carbocycles. The summed E-state index contributed by atoms with van der Waals surface area (Å²) in [4.78, 5) is 21.7. The summed E-state index contributed by atoms with van der Waals surface area (Å²) in [5.41, 5.74) is 0. The van der Waals surface area contributed by atoms with E-state index in [9.17, 15) is 9.59 Å². The summed E-state index contributed by atoms with van der Waals surface area (Å²) in [6.07, 6.45) is 1.67. The Balaban J connectivity index is 4.26. The molecule has 5 nitrogen and oxygen atoms in total. The van der Waals surface area contributed by atoms with Crippen LogP contribution < -0.4 is 0 Å². The number of carboxylic acids is 2. The predicted octanol–water partition coefficient (Wildman–Crippen LogP) is 0.105. The molecule has 0 bridgehead atoms. The first-order chi connectivity index (χ1) is 5.97. The van der Waals surface area contributed by atoms with Crippen LogP contribution in [0.5, 0.6) is 0 Å². The molecular formula is C6H9NO4S2. The van der Waals surface area contributed by atoms with Crippen LogP contribution in [0.15, 0.2) is 0 Å². The van der Waals surface area contributed by atoms with Gasteiger partial charge in [0.1, 0.15) is 17.4 Å². The number of thiocarbonyl (C=S) groups is 1. The van der Waals surface area contributed by atoms with E-state index in [1.54, 1.807) is 6.26 Å². The standard InChI is InChI=1S/C6H9NO4S2/c1-13-6(12)7(2-4(8)9)3-5(10)11/h2-3H2,1H3,(H,8,9)(H,10,11). The van der Waals surface area contributed by atoms with Crippen LogP contribution in [0, 0.1) is 0 Å². The summed E-state index contributed by atoms with van der Waals surface area (Å²) in [5, 5.41) is 16.9. The Bertz CT molecular complexity index is 215. The van der Waals surface area contributed by atoms with E-state index in [4.69, 9.17) is 22.4 Å². The fourth-order valence-corrected chi connectivity index (χ4v) is 1.16. The van der Waals surface area contributed by atoms with Crippen molar-refractivity contribution in [1.29, 1.82) is 0 Å². The largest absolute Gasteiger partial charge is 0.480 e. The van der Waals surface area contributed by atoms with Crippen molar-refractivity contribution in [2.24, 2.45) is 0 Å². The molecule has 0 saturated heterocycles. The molecule has 0 aromatic rings. The van der Waals surface area contributed by atoms with Gasteiger partial charge in [-0.1, -0.05) is 12.2 Å². The van der Waals surface area contributed by atoms with Crippen molar-refractivity contribution in [1.82, 2.24) is 4.90 Å². The zero-order chi connectivity index (χ0) is 10.4. The first-order valence-corrected chi connectivity index (χ1v) is 4.87. The Hall–Kier alpha value is -0.820. The van der Waals surface area contributed by atoms with Gasteiger partial charge >= 0.3 is 11.9 Å². The molecule has 0 spiro atoms. The highest BCUT2D eigenvalue weighted by Gasteiger charge is 2.15. The van der Waals surface area contributed by atoms with E-state index in [1.165, 1.54) is 0 Å². The van der Waals surface area contributed by atoms with E-state index in [2.05, 4.69) is 0 Å². The number of rotatable bonds is 4. The number of carboxylic acid groups (broad SMARTS) is 2. The van der Waals surface area contributed by atoms with Gasteiger partial charge in [-0.3, -0.25) is 9.59 Å². The molecule has 74 valence electrons. The molecular weight excluding hydrogens is 214 g/mol. The number of thioether (sulfide) groups is 1.